The molecule has 0 aromatic carbocycles. The minimum atomic E-state index is -0.710. The molecular weight excluding hydrogens is 315 g/mol. The average Bonchev–Trinajstić information content (AvgIpc) is 3.38. The molecule has 1 saturated carbocycles. The van der Waals surface area contributed by atoms with Gasteiger partial charge in [-0.1, -0.05) is 59.8 Å². The number of rotatable bonds is 13. The molecule has 1 rings (SSSR count). The number of hydrogen-bond acceptors (Lipinski definition) is 2. The van der Waals surface area contributed by atoms with Crippen LogP contribution < -0.4 is 0 Å². The van der Waals surface area contributed by atoms with E-state index in [1.54, 1.807) is 6.92 Å². The minimum Gasteiger partial charge on any atom is -0.299 e. The third-order valence-corrected chi connectivity index (χ3v) is 8.32. The fourth-order valence-electron chi connectivity index (χ4n) is 3.96. The largest absolute Gasteiger partial charge is 0.299 e. The van der Waals surface area contributed by atoms with E-state index in [1.807, 2.05) is 0 Å². The molecule has 0 bridgehead atoms. The van der Waals surface area contributed by atoms with Crippen molar-refractivity contribution in [3.8, 4) is 0 Å². The normalized spacial score (nSPS) is 20.9. The summed E-state index contributed by atoms with van der Waals surface area (Å²) < 4.78 is 0. The molecule has 4 unspecified atom stereocenters. The van der Waals surface area contributed by atoms with Gasteiger partial charge in [-0.2, -0.15) is 0 Å². The van der Waals surface area contributed by atoms with Crippen LogP contribution in [0.1, 0.15) is 79.6 Å². The van der Waals surface area contributed by atoms with E-state index in [0.29, 0.717) is 11.7 Å². The molecule has 1 fully saturated rings. The Bertz CT molecular complexity index is 416. The predicted octanol–water partition coefficient (Wildman–Crippen LogP) is 5.92. The van der Waals surface area contributed by atoms with Gasteiger partial charge in [0.25, 0.3) is 0 Å². The monoisotopic (exact) mass is 354 g/mol. The van der Waals surface area contributed by atoms with Crippen LogP contribution in [0.4, 0.5) is 0 Å². The summed E-state index contributed by atoms with van der Waals surface area (Å²) in [5, 5.41) is 0. The summed E-state index contributed by atoms with van der Waals surface area (Å²) in [6.07, 6.45) is 9.50. The molecule has 2 nitrogen and oxygen atoms in total. The predicted molar refractivity (Wildman–Crippen MR) is 106 cm³/mol. The van der Waals surface area contributed by atoms with Gasteiger partial charge in [-0.15, -0.1) is 7.92 Å². The lowest BCUT2D eigenvalue weighted by Gasteiger charge is -2.39. The van der Waals surface area contributed by atoms with Gasteiger partial charge in [0, 0.05) is 5.92 Å². The Morgan fingerprint density at radius 2 is 1.83 bits per heavy atom. The molecule has 1 aliphatic rings. The zero-order valence-electron chi connectivity index (χ0n) is 16.9. The first-order chi connectivity index (χ1) is 11.3. The van der Waals surface area contributed by atoms with Crippen molar-refractivity contribution >= 4 is 19.5 Å². The summed E-state index contributed by atoms with van der Waals surface area (Å²) in [4.78, 5) is 26.5. The number of unbranched alkanes of at least 4 members (excludes halogenated alkanes) is 1. The van der Waals surface area contributed by atoms with Crippen LogP contribution >= 0.6 is 7.92 Å². The van der Waals surface area contributed by atoms with Gasteiger partial charge >= 0.3 is 0 Å². The maximum absolute atomic E-state index is 13.7. The zero-order valence-corrected chi connectivity index (χ0v) is 17.8. The van der Waals surface area contributed by atoms with Gasteiger partial charge in [0.15, 0.2) is 0 Å². The van der Waals surface area contributed by atoms with Crippen LogP contribution in [0.15, 0.2) is 0 Å². The van der Waals surface area contributed by atoms with Crippen molar-refractivity contribution in [3.63, 3.8) is 0 Å². The van der Waals surface area contributed by atoms with E-state index in [4.69, 9.17) is 0 Å². The Morgan fingerprint density at radius 3 is 2.25 bits per heavy atom. The maximum Gasteiger partial charge on any atom is 0.150 e. The lowest BCUT2D eigenvalue weighted by atomic mass is 9.63. The van der Waals surface area contributed by atoms with E-state index in [-0.39, 0.29) is 25.5 Å². The molecule has 0 heterocycles. The molecule has 0 amide bonds. The first kappa shape index (κ1) is 21.8. The van der Waals surface area contributed by atoms with Gasteiger partial charge in [-0.3, -0.25) is 9.59 Å². The number of ketones is 2. The average molecular weight is 355 g/mol. The number of carbonyl (C=O) groups is 2. The van der Waals surface area contributed by atoms with Gasteiger partial charge in [0.05, 0.1) is 5.41 Å². The van der Waals surface area contributed by atoms with E-state index in [2.05, 4.69) is 34.4 Å². The summed E-state index contributed by atoms with van der Waals surface area (Å²) in [6, 6.07) is 0. The van der Waals surface area contributed by atoms with E-state index < -0.39 is 5.41 Å². The van der Waals surface area contributed by atoms with Gasteiger partial charge < -0.3 is 0 Å². The fourth-order valence-corrected chi connectivity index (χ4v) is 5.32. The molecule has 0 radical (unpaired) electrons. The van der Waals surface area contributed by atoms with Crippen LogP contribution in [0.3, 0.4) is 0 Å². The highest BCUT2D eigenvalue weighted by Gasteiger charge is 2.51. The number of Topliss-reactive ketones (excluding diaryl/α,β-unsaturated/α-hetero) is 2. The number of carbonyl (C=O) groups excluding carboxylic acids is 2. The van der Waals surface area contributed by atoms with E-state index >= 15 is 0 Å². The van der Waals surface area contributed by atoms with Gasteiger partial charge in [0.1, 0.15) is 11.6 Å². The van der Waals surface area contributed by atoms with Gasteiger partial charge in [-0.25, -0.2) is 0 Å². The Labute approximate surface area is 151 Å². The van der Waals surface area contributed by atoms with Crippen LogP contribution in [0.2, 0.25) is 0 Å². The molecule has 1 aliphatic carbocycles. The Morgan fingerprint density at radius 1 is 1.21 bits per heavy atom. The quantitative estimate of drug-likeness (QED) is 0.304. The van der Waals surface area contributed by atoms with Crippen LogP contribution in [0.5, 0.6) is 0 Å². The second kappa shape index (κ2) is 10.0. The highest BCUT2D eigenvalue weighted by molar-refractivity contribution is 7.56. The minimum absolute atomic E-state index is 0.0935. The Hall–Kier alpha value is -0.230. The van der Waals surface area contributed by atoms with Crippen molar-refractivity contribution in [2.45, 2.75) is 79.6 Å². The molecule has 3 heteroatoms. The second-order valence-electron chi connectivity index (χ2n) is 8.04. The van der Waals surface area contributed by atoms with Crippen molar-refractivity contribution in [1.29, 1.82) is 0 Å². The van der Waals surface area contributed by atoms with E-state index in [1.165, 1.54) is 19.0 Å². The third kappa shape index (κ3) is 5.38. The molecule has 0 aromatic rings. The molecule has 0 saturated heterocycles. The molecule has 4 atom stereocenters. The molecule has 0 aliphatic heterocycles. The molecule has 140 valence electrons. The molecule has 24 heavy (non-hydrogen) atoms. The van der Waals surface area contributed by atoms with Crippen molar-refractivity contribution in [2.24, 2.45) is 23.2 Å². The summed E-state index contributed by atoms with van der Waals surface area (Å²) in [6.45, 7) is 12.7. The smallest absolute Gasteiger partial charge is 0.150 e. The van der Waals surface area contributed by atoms with Crippen LogP contribution in [0.25, 0.3) is 0 Å². The third-order valence-electron chi connectivity index (χ3n) is 6.18. The van der Waals surface area contributed by atoms with Crippen molar-refractivity contribution in [3.05, 3.63) is 0 Å². The Kier molecular flexibility index (Phi) is 9.13. The summed E-state index contributed by atoms with van der Waals surface area (Å²) >= 11 is 0. The number of hydrogen-bond donors (Lipinski definition) is 0. The summed E-state index contributed by atoms with van der Waals surface area (Å²) in [5.74, 6) is 1.29. The molecule has 0 N–H and O–H groups in total. The van der Waals surface area contributed by atoms with Crippen LogP contribution in [-0.2, 0) is 9.59 Å². The second-order valence-corrected chi connectivity index (χ2v) is 10.8. The lowest BCUT2D eigenvalue weighted by molar-refractivity contribution is -0.147. The van der Waals surface area contributed by atoms with Crippen molar-refractivity contribution < 1.29 is 9.59 Å². The van der Waals surface area contributed by atoms with Crippen LogP contribution in [-0.4, -0.2) is 30.6 Å². The first-order valence-electron chi connectivity index (χ1n) is 10.1. The standard InChI is InChI=1S/C21H39O2P/c1-7-10-11-19(15-24(6)9-3)20(23)21(17(5)22,16(4)8-2)14-18-12-13-18/h16,18-19H,7-15H2,1-6H3. The fraction of sp³-hybridized carbons (Fsp3) is 0.905. The lowest BCUT2D eigenvalue weighted by Crippen LogP contribution is -2.47. The Balaban J connectivity index is 3.13. The van der Waals surface area contributed by atoms with Crippen molar-refractivity contribution in [2.75, 3.05) is 19.0 Å². The van der Waals surface area contributed by atoms with E-state index in [9.17, 15) is 9.59 Å². The SMILES string of the molecule is CCCCC(CP(C)CC)C(=O)C(CC1CC1)(C(C)=O)C(C)CC. The van der Waals surface area contributed by atoms with Gasteiger partial charge in [-0.05, 0) is 50.6 Å². The highest BCUT2D eigenvalue weighted by atomic mass is 31.1. The first-order valence-corrected chi connectivity index (χ1v) is 12.2. The zero-order chi connectivity index (χ0) is 18.3. The maximum atomic E-state index is 13.7. The van der Waals surface area contributed by atoms with E-state index in [0.717, 1.165) is 38.3 Å². The van der Waals surface area contributed by atoms with Crippen LogP contribution in [0, 0.1) is 23.2 Å². The summed E-state index contributed by atoms with van der Waals surface area (Å²) in [5.41, 5.74) is -0.710. The molecular formula is C21H39O2P. The van der Waals surface area contributed by atoms with Crippen molar-refractivity contribution in [1.82, 2.24) is 0 Å². The summed E-state index contributed by atoms with van der Waals surface area (Å²) in [7, 11) is -0.0935. The molecule has 0 aromatic heterocycles. The topological polar surface area (TPSA) is 34.1 Å². The van der Waals surface area contributed by atoms with Gasteiger partial charge in [0.2, 0.25) is 0 Å². The molecule has 0 spiro atoms. The highest BCUT2D eigenvalue weighted by Crippen LogP contribution is 2.49.